The van der Waals surface area contributed by atoms with Gasteiger partial charge in [-0.1, -0.05) is 45.4 Å². The molecular formula is C18H24O3. The highest BCUT2D eigenvalue weighted by Gasteiger charge is 2.37. The van der Waals surface area contributed by atoms with Crippen LogP contribution in [0.2, 0.25) is 0 Å². The van der Waals surface area contributed by atoms with E-state index in [0.29, 0.717) is 17.6 Å². The van der Waals surface area contributed by atoms with E-state index in [2.05, 4.69) is 6.07 Å². The van der Waals surface area contributed by atoms with E-state index < -0.39 is 11.9 Å². The molecule has 3 rings (SSSR count). The van der Waals surface area contributed by atoms with Crippen LogP contribution in [0.4, 0.5) is 0 Å². The molecule has 0 amide bonds. The molecule has 1 aromatic carbocycles. The van der Waals surface area contributed by atoms with Crippen molar-refractivity contribution in [2.24, 2.45) is 0 Å². The Hall–Kier alpha value is -1.90. The van der Waals surface area contributed by atoms with Crippen molar-refractivity contribution in [3.8, 4) is 0 Å². The van der Waals surface area contributed by atoms with E-state index in [1.165, 1.54) is 11.1 Å². The first-order valence-corrected chi connectivity index (χ1v) is 7.68. The van der Waals surface area contributed by atoms with Crippen LogP contribution in [0.5, 0.6) is 0 Å². The molecule has 1 aliphatic heterocycles. The minimum atomic E-state index is -0.490. The van der Waals surface area contributed by atoms with E-state index in [1.807, 2.05) is 47.6 Å². The first-order chi connectivity index (χ1) is 10.1. The van der Waals surface area contributed by atoms with Crippen LogP contribution >= 0.6 is 0 Å². The maximum atomic E-state index is 11.7. The first-order valence-electron chi connectivity index (χ1n) is 7.68. The summed E-state index contributed by atoms with van der Waals surface area (Å²) in [5.41, 5.74) is 5.37. The molecule has 21 heavy (non-hydrogen) atoms. The molecule has 0 radical (unpaired) electrons. The predicted molar refractivity (Wildman–Crippen MR) is 85.0 cm³/mol. The fourth-order valence-corrected chi connectivity index (χ4v) is 2.72. The molecule has 114 valence electrons. The van der Waals surface area contributed by atoms with Gasteiger partial charge in [0.15, 0.2) is 0 Å². The summed E-state index contributed by atoms with van der Waals surface area (Å²) >= 11 is 0. The number of hydrogen-bond donors (Lipinski definition) is 0. The molecule has 1 aromatic rings. The maximum absolute atomic E-state index is 11.7. The molecule has 0 unspecified atom stereocenters. The van der Waals surface area contributed by atoms with Gasteiger partial charge in [0.05, 0.1) is 11.1 Å². The Morgan fingerprint density at radius 3 is 2.14 bits per heavy atom. The molecule has 0 atom stereocenters. The van der Waals surface area contributed by atoms with Gasteiger partial charge in [0.1, 0.15) is 0 Å². The highest BCUT2D eigenvalue weighted by molar-refractivity contribution is 6.31. The van der Waals surface area contributed by atoms with Crippen LogP contribution in [0, 0.1) is 13.8 Å². The lowest BCUT2D eigenvalue weighted by atomic mass is 9.83. The molecule has 0 aromatic heterocycles. The zero-order chi connectivity index (χ0) is 16.2. The van der Waals surface area contributed by atoms with E-state index in [0.717, 1.165) is 17.5 Å². The van der Waals surface area contributed by atoms with Crippen molar-refractivity contribution in [3.63, 3.8) is 0 Å². The highest BCUT2D eigenvalue weighted by Crippen LogP contribution is 2.38. The van der Waals surface area contributed by atoms with Crippen molar-refractivity contribution >= 4 is 17.5 Å². The van der Waals surface area contributed by atoms with Gasteiger partial charge in [-0.3, -0.25) is 0 Å². The smallest absolute Gasteiger partial charge is 0.347 e. The van der Waals surface area contributed by atoms with Crippen molar-refractivity contribution in [1.82, 2.24) is 0 Å². The summed E-state index contributed by atoms with van der Waals surface area (Å²) in [4.78, 5) is 23.2. The van der Waals surface area contributed by atoms with Crippen LogP contribution in [0.15, 0.2) is 17.7 Å². The molecule has 3 heteroatoms. The molecule has 0 saturated carbocycles. The number of esters is 2. The normalized spacial score (nSPS) is 15.1. The molecule has 2 aliphatic rings. The number of cyclic esters (lactones) is 2. The summed E-state index contributed by atoms with van der Waals surface area (Å²) < 4.78 is 4.69. The largest absolute Gasteiger partial charge is 0.386 e. The molecule has 3 nitrogen and oxygen atoms in total. The van der Waals surface area contributed by atoms with Gasteiger partial charge in [-0.05, 0) is 43.4 Å². The summed E-state index contributed by atoms with van der Waals surface area (Å²) in [7, 11) is 0. The molecule has 0 saturated heterocycles. The SMILES string of the molecule is CC.CC.Cc1cc(C)c2c(c1)C1=C(CC2)C(=O)OC1=O. The second kappa shape index (κ2) is 7.21. The highest BCUT2D eigenvalue weighted by atomic mass is 16.6. The first kappa shape index (κ1) is 17.2. The fourth-order valence-electron chi connectivity index (χ4n) is 2.72. The number of carbonyl (C=O) groups is 2. The number of hydrogen-bond acceptors (Lipinski definition) is 3. The second-order valence-electron chi connectivity index (χ2n) is 4.64. The minimum Gasteiger partial charge on any atom is -0.386 e. The molecule has 0 bridgehead atoms. The standard InChI is InChI=1S/C14H12O3.2C2H6/c1-7-5-8(2)9-3-4-10-12(11(9)6-7)14(16)17-13(10)15;2*1-2/h5-6H,3-4H2,1-2H3;2*1-2H3. The van der Waals surface area contributed by atoms with Crippen molar-refractivity contribution in [3.05, 3.63) is 40.0 Å². The van der Waals surface area contributed by atoms with Crippen LogP contribution in [0.25, 0.3) is 5.57 Å². The molecule has 1 heterocycles. The monoisotopic (exact) mass is 288 g/mol. The fraction of sp³-hybridized carbons (Fsp3) is 0.444. The van der Waals surface area contributed by atoms with Crippen LogP contribution < -0.4 is 0 Å². The summed E-state index contributed by atoms with van der Waals surface area (Å²) in [6.07, 6.45) is 1.42. The average Bonchev–Trinajstić information content (AvgIpc) is 2.78. The average molecular weight is 288 g/mol. The van der Waals surface area contributed by atoms with E-state index >= 15 is 0 Å². The maximum Gasteiger partial charge on any atom is 0.347 e. The van der Waals surface area contributed by atoms with Crippen molar-refractivity contribution in [2.75, 3.05) is 0 Å². The zero-order valence-electron chi connectivity index (χ0n) is 13.8. The molecule has 0 N–H and O–H groups in total. The van der Waals surface area contributed by atoms with Crippen LogP contribution in [-0.2, 0) is 20.7 Å². The van der Waals surface area contributed by atoms with Gasteiger partial charge in [-0.2, -0.15) is 0 Å². The Balaban J connectivity index is 0.000000510. The Labute approximate surface area is 127 Å². The van der Waals surface area contributed by atoms with E-state index in [-0.39, 0.29) is 0 Å². The van der Waals surface area contributed by atoms with Gasteiger partial charge in [0.25, 0.3) is 0 Å². The van der Waals surface area contributed by atoms with Gasteiger partial charge < -0.3 is 4.74 Å². The summed E-state index contributed by atoms with van der Waals surface area (Å²) in [5.74, 6) is -0.953. The Kier molecular flexibility index (Phi) is 5.89. The Morgan fingerprint density at radius 2 is 1.52 bits per heavy atom. The summed E-state index contributed by atoms with van der Waals surface area (Å²) in [6, 6.07) is 4.07. The van der Waals surface area contributed by atoms with Gasteiger partial charge in [-0.15, -0.1) is 0 Å². The molecule has 0 fully saturated rings. The van der Waals surface area contributed by atoms with Crippen LogP contribution in [-0.4, -0.2) is 11.9 Å². The summed E-state index contributed by atoms with van der Waals surface area (Å²) in [6.45, 7) is 12.0. The van der Waals surface area contributed by atoms with Crippen molar-refractivity contribution < 1.29 is 14.3 Å². The molecular weight excluding hydrogens is 264 g/mol. The number of ether oxygens (including phenoxy) is 1. The lowest BCUT2D eigenvalue weighted by Crippen LogP contribution is -2.09. The van der Waals surface area contributed by atoms with E-state index in [1.54, 1.807) is 0 Å². The minimum absolute atomic E-state index is 0.463. The van der Waals surface area contributed by atoms with Crippen LogP contribution in [0.1, 0.15) is 56.4 Å². The predicted octanol–water partition coefficient (Wildman–Crippen LogP) is 4.14. The quantitative estimate of drug-likeness (QED) is 0.532. The topological polar surface area (TPSA) is 43.4 Å². The lowest BCUT2D eigenvalue weighted by Gasteiger charge is -2.18. The second-order valence-corrected chi connectivity index (χ2v) is 4.64. The number of aryl methyl sites for hydroxylation is 2. The van der Waals surface area contributed by atoms with Gasteiger partial charge in [0.2, 0.25) is 0 Å². The van der Waals surface area contributed by atoms with E-state index in [4.69, 9.17) is 4.74 Å². The van der Waals surface area contributed by atoms with Crippen molar-refractivity contribution in [2.45, 2.75) is 54.4 Å². The third-order valence-corrected chi connectivity index (χ3v) is 3.45. The van der Waals surface area contributed by atoms with Crippen molar-refractivity contribution in [1.29, 1.82) is 0 Å². The third-order valence-electron chi connectivity index (χ3n) is 3.45. The van der Waals surface area contributed by atoms with Gasteiger partial charge in [-0.25, -0.2) is 9.59 Å². The number of rotatable bonds is 0. The van der Waals surface area contributed by atoms with E-state index in [9.17, 15) is 9.59 Å². The summed E-state index contributed by atoms with van der Waals surface area (Å²) in [5, 5.41) is 0. The van der Waals surface area contributed by atoms with Gasteiger partial charge in [0, 0.05) is 0 Å². The number of benzene rings is 1. The Bertz CT molecular complexity index is 595. The Morgan fingerprint density at radius 1 is 0.905 bits per heavy atom. The zero-order valence-corrected chi connectivity index (χ0v) is 13.8. The third kappa shape index (κ3) is 3.07. The molecule has 1 aliphatic carbocycles. The number of fused-ring (bicyclic) bond motifs is 2. The molecule has 0 spiro atoms. The van der Waals surface area contributed by atoms with Crippen LogP contribution in [0.3, 0.4) is 0 Å². The van der Waals surface area contributed by atoms with Gasteiger partial charge >= 0.3 is 11.9 Å². The lowest BCUT2D eigenvalue weighted by molar-refractivity contribution is -0.150. The number of carbonyl (C=O) groups excluding carboxylic acids is 2.